The summed E-state index contributed by atoms with van der Waals surface area (Å²) in [6.45, 7) is 0. The molecule has 0 saturated heterocycles. The first-order chi connectivity index (χ1) is 21.3. The molecule has 202 valence electrons. The van der Waals surface area contributed by atoms with Crippen LogP contribution in [0, 0.1) is 0 Å². The van der Waals surface area contributed by atoms with Crippen LogP contribution in [0.1, 0.15) is 0 Å². The van der Waals surface area contributed by atoms with Gasteiger partial charge < -0.3 is 0 Å². The van der Waals surface area contributed by atoms with Crippen molar-refractivity contribution in [3.63, 3.8) is 0 Å². The summed E-state index contributed by atoms with van der Waals surface area (Å²) in [6.07, 6.45) is 0. The Balaban J connectivity index is 1.31. The van der Waals surface area contributed by atoms with E-state index in [1.165, 1.54) is 42.1 Å². The molecule has 1 aliphatic rings. The molecular weight excluding hydrogens is 565 g/mol. The van der Waals surface area contributed by atoms with Crippen molar-refractivity contribution < 1.29 is 0 Å². The van der Waals surface area contributed by atoms with E-state index in [2.05, 4.69) is 132 Å². The van der Waals surface area contributed by atoms with Crippen molar-refractivity contribution in [3.8, 4) is 22.1 Å². The van der Waals surface area contributed by atoms with Crippen LogP contribution < -0.4 is 4.90 Å². The van der Waals surface area contributed by atoms with E-state index >= 15 is 0 Å². The summed E-state index contributed by atoms with van der Waals surface area (Å²) in [5, 5.41) is 9.46. The Hall–Kier alpha value is -5.04. The molecule has 0 saturated carbocycles. The molecule has 0 atom stereocenters. The molecule has 0 aliphatic carbocycles. The van der Waals surface area contributed by atoms with Gasteiger partial charge >= 0.3 is 0 Å². The second-order valence-electron chi connectivity index (χ2n) is 10.5. The molecule has 3 heterocycles. The van der Waals surface area contributed by atoms with Gasteiger partial charge in [0.2, 0.25) is 5.95 Å². The van der Waals surface area contributed by atoms with Crippen LogP contribution in [0.25, 0.3) is 54.4 Å². The van der Waals surface area contributed by atoms with Crippen molar-refractivity contribution in [2.75, 3.05) is 4.90 Å². The lowest BCUT2D eigenvalue weighted by Gasteiger charge is -2.31. The molecule has 0 unspecified atom stereocenters. The van der Waals surface area contributed by atoms with Gasteiger partial charge in [-0.25, -0.2) is 4.98 Å². The van der Waals surface area contributed by atoms with Crippen LogP contribution in [-0.4, -0.2) is 15.0 Å². The zero-order valence-corrected chi connectivity index (χ0v) is 24.4. The molecule has 8 aromatic rings. The predicted molar refractivity (Wildman–Crippen MR) is 180 cm³/mol. The minimum Gasteiger partial charge on any atom is -0.277 e. The molecule has 9 rings (SSSR count). The fraction of sp³-hybridized carbons (Fsp3) is 0. The van der Waals surface area contributed by atoms with Gasteiger partial charge in [0.05, 0.1) is 16.3 Å². The third kappa shape index (κ3) is 3.95. The molecule has 0 fully saturated rings. The lowest BCUT2D eigenvalue weighted by molar-refractivity contribution is 1.01. The van der Waals surface area contributed by atoms with Crippen LogP contribution >= 0.6 is 23.1 Å². The number of hydrogen-bond donors (Lipinski definition) is 0. The number of rotatable bonds is 3. The summed E-state index contributed by atoms with van der Waals surface area (Å²) in [7, 11) is 0. The van der Waals surface area contributed by atoms with Crippen LogP contribution in [-0.2, 0) is 0 Å². The lowest BCUT2D eigenvalue weighted by atomic mass is 9.93. The van der Waals surface area contributed by atoms with Crippen molar-refractivity contribution >= 4 is 72.7 Å². The number of nitrogens with zero attached hydrogens (tertiary/aromatic N) is 4. The van der Waals surface area contributed by atoms with Gasteiger partial charge in [0, 0.05) is 15.4 Å². The first-order valence-corrected chi connectivity index (χ1v) is 15.8. The molecule has 0 radical (unpaired) electrons. The van der Waals surface area contributed by atoms with E-state index in [1.54, 1.807) is 23.1 Å². The largest absolute Gasteiger partial charge is 0.277 e. The van der Waals surface area contributed by atoms with Gasteiger partial charge in [0.15, 0.2) is 11.6 Å². The fourth-order valence-electron chi connectivity index (χ4n) is 6.08. The molecule has 0 spiro atoms. The molecule has 2 aromatic heterocycles. The number of aromatic nitrogens is 3. The van der Waals surface area contributed by atoms with Gasteiger partial charge in [0.1, 0.15) is 0 Å². The molecule has 1 aliphatic heterocycles. The number of benzene rings is 6. The molecule has 4 nitrogen and oxygen atoms in total. The average Bonchev–Trinajstić information content (AvgIpc) is 3.62. The predicted octanol–water partition coefficient (Wildman–Crippen LogP) is 10.7. The maximum absolute atomic E-state index is 5.18. The normalized spacial score (nSPS) is 12.5. The van der Waals surface area contributed by atoms with Crippen molar-refractivity contribution in [1.82, 2.24) is 15.0 Å². The Kier molecular flexibility index (Phi) is 5.57. The molecule has 6 aromatic carbocycles. The van der Waals surface area contributed by atoms with E-state index in [0.717, 1.165) is 21.8 Å². The smallest absolute Gasteiger partial charge is 0.238 e. The van der Waals surface area contributed by atoms with E-state index in [4.69, 9.17) is 15.0 Å². The molecule has 0 amide bonds. The highest BCUT2D eigenvalue weighted by atomic mass is 32.2. The second-order valence-corrected chi connectivity index (χ2v) is 12.5. The van der Waals surface area contributed by atoms with Crippen molar-refractivity contribution in [2.24, 2.45) is 0 Å². The number of fused-ring (bicyclic) bond motifs is 8. The Labute approximate surface area is 256 Å². The minimum atomic E-state index is 0.608. The Morgan fingerprint density at radius 1 is 0.465 bits per heavy atom. The number of hydrogen-bond acceptors (Lipinski definition) is 6. The third-order valence-electron chi connectivity index (χ3n) is 8.00. The minimum absolute atomic E-state index is 0.608. The van der Waals surface area contributed by atoms with Gasteiger partial charge in [-0.3, -0.25) is 4.90 Å². The van der Waals surface area contributed by atoms with E-state index < -0.39 is 0 Å². The van der Waals surface area contributed by atoms with E-state index in [1.807, 2.05) is 6.07 Å². The van der Waals surface area contributed by atoms with Gasteiger partial charge in [-0.15, -0.1) is 11.3 Å². The van der Waals surface area contributed by atoms with Crippen LogP contribution in [0.15, 0.2) is 143 Å². The molecule has 0 N–H and O–H groups in total. The van der Waals surface area contributed by atoms with E-state index in [0.29, 0.717) is 17.6 Å². The second kappa shape index (κ2) is 9.76. The number of anilines is 3. The SMILES string of the molecule is c1csc(-c2nc(-c3ccc4c5ccccc5c5ccccc5c4c3)nc(N3c4ccccc4Sc4ccccc43)n2)c1. The van der Waals surface area contributed by atoms with Gasteiger partial charge in [-0.2, -0.15) is 9.97 Å². The summed E-state index contributed by atoms with van der Waals surface area (Å²) in [5.74, 6) is 1.93. The van der Waals surface area contributed by atoms with Crippen LogP contribution in [0.5, 0.6) is 0 Å². The quantitative estimate of drug-likeness (QED) is 0.193. The van der Waals surface area contributed by atoms with Crippen molar-refractivity contribution in [1.29, 1.82) is 0 Å². The van der Waals surface area contributed by atoms with Crippen LogP contribution in [0.3, 0.4) is 0 Å². The fourth-order valence-corrected chi connectivity index (χ4v) is 7.79. The highest BCUT2D eigenvalue weighted by molar-refractivity contribution is 7.99. The van der Waals surface area contributed by atoms with Crippen LogP contribution in [0.2, 0.25) is 0 Å². The van der Waals surface area contributed by atoms with Gasteiger partial charge in [0.25, 0.3) is 0 Å². The zero-order chi connectivity index (χ0) is 28.3. The van der Waals surface area contributed by atoms with E-state index in [9.17, 15) is 0 Å². The topological polar surface area (TPSA) is 41.9 Å². The number of thiophene rings is 1. The van der Waals surface area contributed by atoms with E-state index in [-0.39, 0.29) is 0 Å². The first-order valence-electron chi connectivity index (χ1n) is 14.1. The average molecular weight is 587 g/mol. The van der Waals surface area contributed by atoms with Crippen LogP contribution in [0.4, 0.5) is 17.3 Å². The lowest BCUT2D eigenvalue weighted by Crippen LogP contribution is -2.18. The Morgan fingerprint density at radius 2 is 1.02 bits per heavy atom. The third-order valence-corrected chi connectivity index (χ3v) is 10.00. The molecule has 43 heavy (non-hydrogen) atoms. The molecular formula is C37H22N4S2. The highest BCUT2D eigenvalue weighted by Gasteiger charge is 2.27. The van der Waals surface area contributed by atoms with Gasteiger partial charge in [-0.1, -0.05) is 103 Å². The number of para-hydroxylation sites is 2. The first kappa shape index (κ1) is 24.5. The highest BCUT2D eigenvalue weighted by Crippen LogP contribution is 2.50. The summed E-state index contributed by atoms with van der Waals surface area (Å²) in [4.78, 5) is 20.8. The van der Waals surface area contributed by atoms with Crippen molar-refractivity contribution in [3.05, 3.63) is 133 Å². The Morgan fingerprint density at radius 3 is 1.65 bits per heavy atom. The summed E-state index contributed by atoms with van der Waals surface area (Å²) < 4.78 is 0. The zero-order valence-electron chi connectivity index (χ0n) is 22.8. The molecule has 6 heteroatoms. The summed E-state index contributed by atoms with van der Waals surface area (Å²) in [6, 6.07) is 44.9. The maximum Gasteiger partial charge on any atom is 0.238 e. The Bertz CT molecular complexity index is 2270. The molecule has 0 bridgehead atoms. The summed E-state index contributed by atoms with van der Waals surface area (Å²) in [5.41, 5.74) is 3.09. The maximum atomic E-state index is 5.18. The van der Waals surface area contributed by atoms with Crippen molar-refractivity contribution in [2.45, 2.75) is 9.79 Å². The standard InChI is InChI=1S/C37H22N4S2/c1-2-12-26-24(10-1)25-11-3-4-13-27(25)29-22-23(19-20-28(26)29)35-38-36(34-18-9-21-42-34)40-37(39-35)41-30-14-5-7-16-32(30)43-33-17-8-6-15-31(33)41/h1-22H. The monoisotopic (exact) mass is 586 g/mol. The van der Waals surface area contributed by atoms with Gasteiger partial charge in [-0.05, 0) is 74.1 Å². The summed E-state index contributed by atoms with van der Waals surface area (Å²) >= 11 is 3.41.